The van der Waals surface area contributed by atoms with Crippen molar-refractivity contribution in [2.24, 2.45) is 11.3 Å². The highest BCUT2D eigenvalue weighted by Crippen LogP contribution is 2.58. The van der Waals surface area contributed by atoms with Crippen LogP contribution >= 0.6 is 0 Å². The lowest BCUT2D eigenvalue weighted by atomic mass is 9.92. The first-order valence-electron chi connectivity index (χ1n) is 7.64. The maximum absolute atomic E-state index is 12.5. The lowest BCUT2D eigenvalue weighted by Crippen LogP contribution is -2.31. The van der Waals surface area contributed by atoms with Crippen LogP contribution in [-0.2, 0) is 4.79 Å². The van der Waals surface area contributed by atoms with E-state index in [9.17, 15) is 4.79 Å². The maximum atomic E-state index is 12.5. The fourth-order valence-corrected chi connectivity index (χ4v) is 3.62. The van der Waals surface area contributed by atoms with E-state index in [0.717, 1.165) is 48.9 Å². The van der Waals surface area contributed by atoms with Crippen LogP contribution in [0.1, 0.15) is 19.3 Å². The maximum Gasteiger partial charge on any atom is 0.228 e. The van der Waals surface area contributed by atoms with Gasteiger partial charge in [0.25, 0.3) is 0 Å². The molecule has 1 atom stereocenters. The van der Waals surface area contributed by atoms with E-state index in [1.165, 1.54) is 0 Å². The third-order valence-corrected chi connectivity index (χ3v) is 5.00. The third-order valence-electron chi connectivity index (χ3n) is 5.00. The second-order valence-electron chi connectivity index (χ2n) is 6.24. The quantitative estimate of drug-likeness (QED) is 0.889. The highest BCUT2D eigenvalue weighted by atomic mass is 16.2. The van der Waals surface area contributed by atoms with Crippen molar-refractivity contribution in [3.8, 4) is 0 Å². The number of carbonyl (C=O) groups is 1. The zero-order valence-electron chi connectivity index (χ0n) is 11.9. The number of carbonyl (C=O) groups excluding carboxylic acids is 1. The van der Waals surface area contributed by atoms with Gasteiger partial charge in [-0.25, -0.2) is 0 Å². The van der Waals surface area contributed by atoms with Crippen molar-refractivity contribution in [2.45, 2.75) is 19.3 Å². The van der Waals surface area contributed by atoms with Crippen molar-refractivity contribution in [2.75, 3.05) is 18.4 Å². The molecule has 0 bridgehead atoms. The summed E-state index contributed by atoms with van der Waals surface area (Å²) in [5.41, 5.74) is 1.97. The molecule has 1 amide bonds. The largest absolute Gasteiger partial charge is 0.324 e. The summed E-state index contributed by atoms with van der Waals surface area (Å²) in [5.74, 6) is 0.341. The Morgan fingerprint density at radius 3 is 2.90 bits per heavy atom. The van der Waals surface area contributed by atoms with E-state index in [0.29, 0.717) is 0 Å². The molecular formula is C17H19N3O. The van der Waals surface area contributed by atoms with Gasteiger partial charge in [0.05, 0.1) is 11.2 Å². The number of para-hydroxylation sites is 1. The van der Waals surface area contributed by atoms with Crippen LogP contribution < -0.4 is 10.6 Å². The Hall–Kier alpha value is -1.94. The molecule has 2 fully saturated rings. The molecule has 4 heteroatoms. The molecule has 1 spiro atoms. The molecular weight excluding hydrogens is 262 g/mol. The van der Waals surface area contributed by atoms with Gasteiger partial charge in [-0.3, -0.25) is 9.78 Å². The third kappa shape index (κ3) is 2.20. The minimum absolute atomic E-state index is 0.162. The van der Waals surface area contributed by atoms with Crippen molar-refractivity contribution in [1.29, 1.82) is 0 Å². The van der Waals surface area contributed by atoms with Gasteiger partial charge >= 0.3 is 0 Å². The van der Waals surface area contributed by atoms with Crippen molar-refractivity contribution in [1.82, 2.24) is 10.3 Å². The van der Waals surface area contributed by atoms with Crippen LogP contribution in [0.25, 0.3) is 10.9 Å². The van der Waals surface area contributed by atoms with Crippen molar-refractivity contribution >= 4 is 22.5 Å². The average molecular weight is 281 g/mol. The Kier molecular flexibility index (Phi) is 2.93. The first-order chi connectivity index (χ1) is 10.3. The number of hydrogen-bond donors (Lipinski definition) is 2. The molecule has 1 saturated carbocycles. The van der Waals surface area contributed by atoms with E-state index in [-0.39, 0.29) is 17.2 Å². The smallest absolute Gasteiger partial charge is 0.228 e. The zero-order chi connectivity index (χ0) is 14.3. The Balaban J connectivity index is 1.54. The van der Waals surface area contributed by atoms with Crippen molar-refractivity contribution in [3.63, 3.8) is 0 Å². The average Bonchev–Trinajstić information content (AvgIpc) is 3.22. The topological polar surface area (TPSA) is 54.0 Å². The minimum atomic E-state index is 0.162. The van der Waals surface area contributed by atoms with Crippen LogP contribution in [-0.4, -0.2) is 24.0 Å². The van der Waals surface area contributed by atoms with Crippen LogP contribution in [0.4, 0.5) is 5.69 Å². The summed E-state index contributed by atoms with van der Waals surface area (Å²) in [6.07, 6.45) is 5.06. The van der Waals surface area contributed by atoms with Gasteiger partial charge in [-0.1, -0.05) is 18.2 Å². The molecule has 1 aliphatic heterocycles. The number of nitrogens with one attached hydrogen (secondary N) is 2. The lowest BCUT2D eigenvalue weighted by Gasteiger charge is -2.23. The Bertz CT molecular complexity index is 686. The van der Waals surface area contributed by atoms with Crippen LogP contribution in [0.2, 0.25) is 0 Å². The summed E-state index contributed by atoms with van der Waals surface area (Å²) in [6.45, 7) is 2.08. The van der Waals surface area contributed by atoms with E-state index in [4.69, 9.17) is 0 Å². The molecule has 1 unspecified atom stereocenters. The highest BCUT2D eigenvalue weighted by Gasteiger charge is 2.57. The van der Waals surface area contributed by atoms with Gasteiger partial charge in [-0.15, -0.1) is 0 Å². The van der Waals surface area contributed by atoms with E-state index in [2.05, 4.69) is 15.6 Å². The molecule has 0 radical (unpaired) electrons. The number of amides is 1. The van der Waals surface area contributed by atoms with Gasteiger partial charge in [0, 0.05) is 17.5 Å². The standard InChI is InChI=1S/C17H19N3O/c21-16(13-11-17(13)6-9-18-10-7-17)20-14-5-1-3-12-4-2-8-19-15(12)14/h1-5,8,13,18H,6-7,9-11H2,(H,20,21). The highest BCUT2D eigenvalue weighted by molar-refractivity contribution is 6.02. The number of piperidine rings is 1. The first kappa shape index (κ1) is 12.8. The molecule has 1 aromatic carbocycles. The Morgan fingerprint density at radius 1 is 1.24 bits per heavy atom. The Labute approximate surface area is 124 Å². The Morgan fingerprint density at radius 2 is 2.05 bits per heavy atom. The summed E-state index contributed by atoms with van der Waals surface area (Å²) in [6, 6.07) is 9.85. The molecule has 2 aliphatic rings. The lowest BCUT2D eigenvalue weighted by molar-refractivity contribution is -0.118. The number of rotatable bonds is 2. The minimum Gasteiger partial charge on any atom is -0.324 e. The predicted molar refractivity (Wildman–Crippen MR) is 83.0 cm³/mol. The molecule has 2 aromatic rings. The fourth-order valence-electron chi connectivity index (χ4n) is 3.62. The number of hydrogen-bond acceptors (Lipinski definition) is 3. The number of aromatic nitrogens is 1. The number of pyridine rings is 1. The summed E-state index contributed by atoms with van der Waals surface area (Å²) in [4.78, 5) is 16.9. The molecule has 108 valence electrons. The number of nitrogens with zero attached hydrogens (tertiary/aromatic N) is 1. The van der Waals surface area contributed by atoms with E-state index < -0.39 is 0 Å². The number of anilines is 1. The summed E-state index contributed by atoms with van der Waals surface area (Å²) < 4.78 is 0. The normalized spacial score (nSPS) is 23.1. The van der Waals surface area contributed by atoms with Crippen LogP contribution in [0.15, 0.2) is 36.5 Å². The monoisotopic (exact) mass is 281 g/mol. The molecule has 2 heterocycles. The van der Waals surface area contributed by atoms with Crippen LogP contribution in [0, 0.1) is 11.3 Å². The molecule has 1 saturated heterocycles. The van der Waals surface area contributed by atoms with E-state index >= 15 is 0 Å². The van der Waals surface area contributed by atoms with Gasteiger partial charge in [0.2, 0.25) is 5.91 Å². The predicted octanol–water partition coefficient (Wildman–Crippen LogP) is 2.56. The van der Waals surface area contributed by atoms with E-state index in [1.54, 1.807) is 6.20 Å². The second-order valence-corrected chi connectivity index (χ2v) is 6.24. The summed E-state index contributed by atoms with van der Waals surface area (Å²) in [7, 11) is 0. The number of fused-ring (bicyclic) bond motifs is 1. The van der Waals surface area contributed by atoms with E-state index in [1.807, 2.05) is 30.3 Å². The van der Waals surface area contributed by atoms with Crippen molar-refractivity contribution < 1.29 is 4.79 Å². The number of benzene rings is 1. The summed E-state index contributed by atoms with van der Waals surface area (Å²) >= 11 is 0. The SMILES string of the molecule is O=C(Nc1cccc2cccnc12)C1CC12CCNCC2. The molecule has 2 N–H and O–H groups in total. The van der Waals surface area contributed by atoms with Gasteiger partial charge in [-0.2, -0.15) is 0 Å². The molecule has 21 heavy (non-hydrogen) atoms. The zero-order valence-corrected chi connectivity index (χ0v) is 11.9. The second kappa shape index (κ2) is 4.81. The molecule has 1 aliphatic carbocycles. The van der Waals surface area contributed by atoms with Gasteiger partial charge in [0.1, 0.15) is 0 Å². The van der Waals surface area contributed by atoms with Gasteiger partial charge < -0.3 is 10.6 Å². The molecule has 4 rings (SSSR count). The molecule has 1 aromatic heterocycles. The van der Waals surface area contributed by atoms with Crippen molar-refractivity contribution in [3.05, 3.63) is 36.5 Å². The first-order valence-corrected chi connectivity index (χ1v) is 7.64. The van der Waals surface area contributed by atoms with Crippen LogP contribution in [0.3, 0.4) is 0 Å². The summed E-state index contributed by atoms with van der Waals surface area (Å²) in [5, 5.41) is 7.53. The fraction of sp³-hybridized carbons (Fsp3) is 0.412. The van der Waals surface area contributed by atoms with Gasteiger partial charge in [-0.05, 0) is 49.9 Å². The molecule has 4 nitrogen and oxygen atoms in total. The van der Waals surface area contributed by atoms with Crippen LogP contribution in [0.5, 0.6) is 0 Å². The van der Waals surface area contributed by atoms with Gasteiger partial charge in [0.15, 0.2) is 0 Å².